The number of aromatic hydroxyl groups is 1. The molecule has 4 atom stereocenters. The van der Waals surface area contributed by atoms with E-state index in [2.05, 4.69) is 5.32 Å². The number of benzene rings is 1. The summed E-state index contributed by atoms with van der Waals surface area (Å²) in [5.41, 5.74) is 3.37. The number of ketones is 2. The number of amides is 1. The molecule has 5 rings (SSSR count). The van der Waals surface area contributed by atoms with E-state index in [0.717, 1.165) is 18.4 Å². The second-order valence-corrected chi connectivity index (χ2v) is 10.9. The summed E-state index contributed by atoms with van der Waals surface area (Å²) >= 11 is 0. The summed E-state index contributed by atoms with van der Waals surface area (Å²) < 4.78 is 0. The van der Waals surface area contributed by atoms with Crippen molar-refractivity contribution in [3.05, 3.63) is 51.5 Å². The predicted octanol–water partition coefficient (Wildman–Crippen LogP) is 1.15. The molecule has 0 saturated heterocycles. The van der Waals surface area contributed by atoms with Crippen molar-refractivity contribution in [2.24, 2.45) is 17.6 Å². The number of nitrogens with two attached hydrogens (primary N) is 1. The molecule has 1 amide bonds. The number of rotatable bonds is 5. The number of allylic oxidation sites excluding steroid dienone is 1. The maximum Gasteiger partial charge on any atom is 0.255 e. The molecule has 7 N–H and O–H groups in total. The number of Topliss-reactive ketones (excluding diaryl/α,β-unsaturated/α-hetero) is 2. The van der Waals surface area contributed by atoms with Crippen LogP contribution in [0.4, 0.5) is 0 Å². The number of nitrogens with zero attached hydrogens (tertiary/aromatic N) is 1. The lowest BCUT2D eigenvalue weighted by atomic mass is 9.58. The van der Waals surface area contributed by atoms with Crippen molar-refractivity contribution in [3.8, 4) is 5.75 Å². The van der Waals surface area contributed by atoms with Crippen LogP contribution in [0, 0.1) is 11.8 Å². The van der Waals surface area contributed by atoms with Crippen molar-refractivity contribution in [1.82, 2.24) is 10.2 Å². The monoisotopic (exact) mass is 511 g/mol. The Bertz CT molecular complexity index is 1260. The molecular weight excluding hydrogens is 478 g/mol. The molecule has 10 nitrogen and oxygen atoms in total. The SMILES string of the molecule is CN(C)[C@@H]1C(O)=C(C(N)=O)C(=O)[C@@]2(O)C(O)=C3C(=O)c4c(O)ccc(CNC5CCCC5)c4C[C@H]3C[C@@H]12. The van der Waals surface area contributed by atoms with Gasteiger partial charge in [0.1, 0.15) is 22.8 Å². The Morgan fingerprint density at radius 3 is 2.46 bits per heavy atom. The van der Waals surface area contributed by atoms with E-state index in [4.69, 9.17) is 5.73 Å². The van der Waals surface area contributed by atoms with E-state index in [-0.39, 0.29) is 23.3 Å². The molecule has 0 aromatic heterocycles. The summed E-state index contributed by atoms with van der Waals surface area (Å²) in [7, 11) is 3.22. The molecule has 0 bridgehead atoms. The van der Waals surface area contributed by atoms with Crippen LogP contribution in [0.3, 0.4) is 0 Å². The number of phenolic OH excluding ortho intramolecular Hbond substituents is 1. The molecule has 198 valence electrons. The molecule has 0 spiro atoms. The highest BCUT2D eigenvalue weighted by Crippen LogP contribution is 2.52. The molecule has 4 aliphatic carbocycles. The third-order valence-corrected chi connectivity index (χ3v) is 8.64. The molecule has 1 aromatic carbocycles. The summed E-state index contributed by atoms with van der Waals surface area (Å²) in [6, 6.07) is 2.63. The number of fused-ring (bicyclic) bond motifs is 3. The zero-order valence-corrected chi connectivity index (χ0v) is 21.0. The zero-order chi connectivity index (χ0) is 26.8. The van der Waals surface area contributed by atoms with Gasteiger partial charge in [0.05, 0.1) is 11.6 Å². The standard InChI is InChI=1S/C27H33N3O7/c1-30(2)21-16-10-13-9-15-12(11-29-14-5-3-4-6-14)7-8-17(31)19(15)22(32)18(13)24(34)27(16,37)25(35)20(23(21)33)26(28)36/h7-8,13-14,16,21,29,31,33-34,37H,3-6,9-11H2,1-2H3,(H2,28,36)/t13-,16-,21-,27-/m0/s1. The minimum atomic E-state index is -2.62. The van der Waals surface area contributed by atoms with Gasteiger partial charge in [0.25, 0.3) is 5.91 Å². The smallest absolute Gasteiger partial charge is 0.255 e. The number of carbonyl (C=O) groups is 3. The van der Waals surface area contributed by atoms with Crippen molar-refractivity contribution in [3.63, 3.8) is 0 Å². The number of primary amides is 1. The van der Waals surface area contributed by atoms with E-state index < -0.39 is 58.0 Å². The van der Waals surface area contributed by atoms with Gasteiger partial charge in [-0.1, -0.05) is 18.9 Å². The fraction of sp³-hybridized carbons (Fsp3) is 0.519. The summed E-state index contributed by atoms with van der Waals surface area (Å²) in [6.45, 7) is 0.524. The van der Waals surface area contributed by atoms with Gasteiger partial charge in [-0.25, -0.2) is 0 Å². The minimum absolute atomic E-state index is 0.0477. The van der Waals surface area contributed by atoms with Crippen LogP contribution in [-0.4, -0.2) is 74.6 Å². The third kappa shape index (κ3) is 3.69. The van der Waals surface area contributed by atoms with Crippen LogP contribution in [0.1, 0.15) is 53.6 Å². The van der Waals surface area contributed by atoms with Crippen molar-refractivity contribution in [2.75, 3.05) is 14.1 Å². The lowest BCUT2D eigenvalue weighted by molar-refractivity contribution is -0.148. The van der Waals surface area contributed by atoms with Crippen molar-refractivity contribution in [2.45, 2.75) is 62.8 Å². The maximum atomic E-state index is 13.7. The summed E-state index contributed by atoms with van der Waals surface area (Å²) in [4.78, 5) is 40.7. The average Bonchev–Trinajstić information content (AvgIpc) is 3.34. The van der Waals surface area contributed by atoms with Gasteiger partial charge in [0.2, 0.25) is 5.78 Å². The highest BCUT2D eigenvalue weighted by atomic mass is 16.3. The van der Waals surface area contributed by atoms with Gasteiger partial charge in [-0.05, 0) is 62.9 Å². The molecule has 0 unspecified atom stereocenters. The highest BCUT2D eigenvalue weighted by molar-refractivity contribution is 6.24. The van der Waals surface area contributed by atoms with Crippen LogP contribution in [0.15, 0.2) is 34.8 Å². The lowest BCUT2D eigenvalue weighted by Crippen LogP contribution is -2.63. The van der Waals surface area contributed by atoms with Crippen molar-refractivity contribution >= 4 is 17.5 Å². The van der Waals surface area contributed by atoms with E-state index in [0.29, 0.717) is 24.6 Å². The molecule has 10 heteroatoms. The van der Waals surface area contributed by atoms with Crippen LogP contribution in [-0.2, 0) is 22.6 Å². The fourth-order valence-electron chi connectivity index (χ4n) is 6.86. The molecule has 4 aliphatic rings. The number of nitrogens with one attached hydrogen (secondary N) is 1. The molecule has 1 aromatic rings. The quantitative estimate of drug-likeness (QED) is 0.317. The number of aliphatic hydroxyl groups excluding tert-OH is 2. The van der Waals surface area contributed by atoms with Crippen LogP contribution >= 0.6 is 0 Å². The zero-order valence-electron chi connectivity index (χ0n) is 21.0. The molecule has 1 fully saturated rings. The topological polar surface area (TPSA) is 173 Å². The van der Waals surface area contributed by atoms with Gasteiger partial charge in [-0.3, -0.25) is 19.3 Å². The lowest BCUT2D eigenvalue weighted by Gasteiger charge is -2.50. The van der Waals surface area contributed by atoms with Gasteiger partial charge >= 0.3 is 0 Å². The Kier molecular flexibility index (Phi) is 6.17. The molecule has 1 saturated carbocycles. The van der Waals surface area contributed by atoms with Gasteiger partial charge < -0.3 is 31.5 Å². The summed E-state index contributed by atoms with van der Waals surface area (Å²) in [6.07, 6.45) is 4.91. The summed E-state index contributed by atoms with van der Waals surface area (Å²) in [5.74, 6) is -6.40. The van der Waals surface area contributed by atoms with Gasteiger partial charge in [0.15, 0.2) is 11.4 Å². The van der Waals surface area contributed by atoms with Gasteiger partial charge in [-0.15, -0.1) is 0 Å². The largest absolute Gasteiger partial charge is 0.510 e. The molecular formula is C27H33N3O7. The van der Waals surface area contributed by atoms with E-state index in [1.807, 2.05) is 0 Å². The van der Waals surface area contributed by atoms with Crippen LogP contribution in [0.5, 0.6) is 5.75 Å². The Labute approximate surface area is 214 Å². The number of carbonyl (C=O) groups excluding carboxylic acids is 3. The second-order valence-electron chi connectivity index (χ2n) is 10.9. The number of hydrogen-bond acceptors (Lipinski definition) is 9. The predicted molar refractivity (Wildman–Crippen MR) is 133 cm³/mol. The average molecular weight is 512 g/mol. The Hall–Kier alpha value is -3.21. The first-order valence-electron chi connectivity index (χ1n) is 12.7. The molecule has 0 aliphatic heterocycles. The third-order valence-electron chi connectivity index (χ3n) is 8.64. The normalized spacial score (nSPS) is 30.0. The number of phenols is 1. The second kappa shape index (κ2) is 8.97. The molecule has 0 heterocycles. The number of aliphatic hydroxyl groups is 3. The van der Waals surface area contributed by atoms with Gasteiger partial charge in [-0.2, -0.15) is 0 Å². The van der Waals surface area contributed by atoms with E-state index >= 15 is 0 Å². The Balaban J connectivity index is 1.61. The van der Waals surface area contributed by atoms with E-state index in [9.17, 15) is 34.8 Å². The van der Waals surface area contributed by atoms with Gasteiger partial charge in [0, 0.05) is 24.1 Å². The minimum Gasteiger partial charge on any atom is -0.510 e. The number of hydrogen-bond donors (Lipinski definition) is 6. The first kappa shape index (κ1) is 25.4. The Morgan fingerprint density at radius 2 is 1.84 bits per heavy atom. The first-order chi connectivity index (χ1) is 17.5. The van der Waals surface area contributed by atoms with E-state index in [1.165, 1.54) is 18.9 Å². The van der Waals surface area contributed by atoms with Crippen molar-refractivity contribution in [1.29, 1.82) is 0 Å². The maximum absolute atomic E-state index is 13.7. The van der Waals surface area contributed by atoms with Crippen LogP contribution < -0.4 is 11.1 Å². The number of likely N-dealkylation sites (N-methyl/N-ethyl adjacent to an activating group) is 1. The summed E-state index contributed by atoms with van der Waals surface area (Å²) in [5, 5.41) is 48.0. The van der Waals surface area contributed by atoms with Crippen LogP contribution in [0.2, 0.25) is 0 Å². The molecule has 0 radical (unpaired) electrons. The van der Waals surface area contributed by atoms with Crippen LogP contribution in [0.25, 0.3) is 0 Å². The first-order valence-corrected chi connectivity index (χ1v) is 12.7. The fourth-order valence-corrected chi connectivity index (χ4v) is 6.86. The molecule has 37 heavy (non-hydrogen) atoms. The Morgan fingerprint density at radius 1 is 1.16 bits per heavy atom. The highest BCUT2D eigenvalue weighted by Gasteiger charge is 2.63. The van der Waals surface area contributed by atoms with Crippen molar-refractivity contribution < 1.29 is 34.8 Å². The van der Waals surface area contributed by atoms with E-state index in [1.54, 1.807) is 25.1 Å².